The van der Waals surface area contributed by atoms with Crippen molar-refractivity contribution in [2.24, 2.45) is 11.8 Å². The van der Waals surface area contributed by atoms with E-state index in [1.54, 1.807) is 0 Å². The van der Waals surface area contributed by atoms with E-state index in [0.29, 0.717) is 0 Å². The van der Waals surface area contributed by atoms with Crippen LogP contribution in [0.1, 0.15) is 19.8 Å². The van der Waals surface area contributed by atoms with Crippen molar-refractivity contribution in [3.8, 4) is 0 Å². The van der Waals surface area contributed by atoms with Crippen LogP contribution in [0.25, 0.3) is 0 Å². The van der Waals surface area contributed by atoms with Gasteiger partial charge in [0, 0.05) is 6.54 Å². The van der Waals surface area contributed by atoms with Crippen LogP contribution in [0.3, 0.4) is 0 Å². The molecule has 0 spiro atoms. The summed E-state index contributed by atoms with van der Waals surface area (Å²) >= 11 is 0. The fourth-order valence-corrected chi connectivity index (χ4v) is 2.52. The van der Waals surface area contributed by atoms with Gasteiger partial charge in [-0.1, -0.05) is 12.2 Å². The third kappa shape index (κ3) is 1.22. The first-order chi connectivity index (χ1) is 5.27. The summed E-state index contributed by atoms with van der Waals surface area (Å²) in [5, 5.41) is 0. The van der Waals surface area contributed by atoms with Gasteiger partial charge in [-0.3, -0.25) is 0 Å². The molecule has 3 aliphatic rings. The van der Waals surface area contributed by atoms with E-state index in [4.69, 9.17) is 0 Å². The maximum Gasteiger partial charge on any atom is 0.00495 e. The smallest absolute Gasteiger partial charge is 0.00495 e. The van der Waals surface area contributed by atoms with Gasteiger partial charge in [-0.05, 0) is 44.7 Å². The molecule has 0 aromatic carbocycles. The molecule has 1 unspecified atom stereocenters. The minimum atomic E-state index is 0.817. The van der Waals surface area contributed by atoms with Crippen molar-refractivity contribution < 1.29 is 0 Å². The Kier molecular flexibility index (Phi) is 1.76. The van der Waals surface area contributed by atoms with E-state index in [2.05, 4.69) is 18.4 Å². The van der Waals surface area contributed by atoms with E-state index >= 15 is 0 Å². The van der Waals surface area contributed by atoms with Gasteiger partial charge in [-0.15, -0.1) is 0 Å². The molecule has 11 heavy (non-hydrogen) atoms. The SMILES string of the molecule is C=C(C)C1CN2CCC1CC2. The number of piperidine rings is 3. The van der Waals surface area contributed by atoms with E-state index < -0.39 is 0 Å². The van der Waals surface area contributed by atoms with Gasteiger partial charge in [0.2, 0.25) is 0 Å². The zero-order chi connectivity index (χ0) is 7.84. The lowest BCUT2D eigenvalue weighted by Crippen LogP contribution is -2.47. The van der Waals surface area contributed by atoms with Crippen LogP contribution in [0.4, 0.5) is 0 Å². The maximum atomic E-state index is 4.07. The molecule has 1 heteroatoms. The first-order valence-corrected chi connectivity index (χ1v) is 4.65. The average molecular weight is 151 g/mol. The summed E-state index contributed by atoms with van der Waals surface area (Å²) in [5.41, 5.74) is 1.40. The van der Waals surface area contributed by atoms with E-state index in [9.17, 15) is 0 Å². The Balaban J connectivity index is 2.08. The van der Waals surface area contributed by atoms with Crippen LogP contribution >= 0.6 is 0 Å². The highest BCUT2D eigenvalue weighted by atomic mass is 15.1. The zero-order valence-corrected chi connectivity index (χ0v) is 7.34. The highest BCUT2D eigenvalue weighted by Crippen LogP contribution is 2.35. The third-order valence-electron chi connectivity index (χ3n) is 3.29. The van der Waals surface area contributed by atoms with E-state index in [1.807, 2.05) is 0 Å². The Labute approximate surface area is 69.1 Å². The summed E-state index contributed by atoms with van der Waals surface area (Å²) < 4.78 is 0. The van der Waals surface area contributed by atoms with Crippen LogP contribution < -0.4 is 0 Å². The second-order valence-electron chi connectivity index (χ2n) is 4.09. The van der Waals surface area contributed by atoms with Crippen LogP contribution in [-0.2, 0) is 0 Å². The van der Waals surface area contributed by atoms with Gasteiger partial charge in [0.25, 0.3) is 0 Å². The number of rotatable bonds is 1. The maximum absolute atomic E-state index is 4.07. The van der Waals surface area contributed by atoms with Gasteiger partial charge < -0.3 is 4.90 Å². The number of nitrogens with zero attached hydrogens (tertiary/aromatic N) is 1. The summed E-state index contributed by atoms with van der Waals surface area (Å²) in [4.78, 5) is 2.58. The molecule has 0 saturated carbocycles. The number of hydrogen-bond acceptors (Lipinski definition) is 1. The lowest BCUT2D eigenvalue weighted by Gasteiger charge is -2.45. The summed E-state index contributed by atoms with van der Waals surface area (Å²) in [6, 6.07) is 0. The Morgan fingerprint density at radius 2 is 2.00 bits per heavy atom. The first kappa shape index (κ1) is 7.35. The summed E-state index contributed by atoms with van der Waals surface area (Å²) in [5.74, 6) is 1.79. The van der Waals surface area contributed by atoms with Crippen LogP contribution in [-0.4, -0.2) is 24.5 Å². The van der Waals surface area contributed by atoms with Crippen molar-refractivity contribution in [3.05, 3.63) is 12.2 Å². The highest BCUT2D eigenvalue weighted by molar-refractivity contribution is 5.04. The first-order valence-electron chi connectivity index (χ1n) is 4.65. The monoisotopic (exact) mass is 151 g/mol. The van der Waals surface area contributed by atoms with Crippen LogP contribution in [0.15, 0.2) is 12.2 Å². The molecule has 0 amide bonds. The Hall–Kier alpha value is -0.300. The van der Waals surface area contributed by atoms with Gasteiger partial charge in [0.15, 0.2) is 0 Å². The largest absolute Gasteiger partial charge is 0.303 e. The minimum absolute atomic E-state index is 0.817. The molecular weight excluding hydrogens is 134 g/mol. The lowest BCUT2D eigenvalue weighted by molar-refractivity contribution is 0.0686. The molecule has 0 N–H and O–H groups in total. The molecule has 0 aliphatic carbocycles. The molecule has 0 aromatic heterocycles. The van der Waals surface area contributed by atoms with Crippen molar-refractivity contribution in [3.63, 3.8) is 0 Å². The average Bonchev–Trinajstić information content (AvgIpc) is 2.06. The van der Waals surface area contributed by atoms with E-state index in [1.165, 1.54) is 38.0 Å². The Morgan fingerprint density at radius 1 is 1.36 bits per heavy atom. The number of fused-ring (bicyclic) bond motifs is 3. The molecular formula is C10H17N. The van der Waals surface area contributed by atoms with Crippen LogP contribution in [0.5, 0.6) is 0 Å². The molecule has 3 rings (SSSR count). The van der Waals surface area contributed by atoms with E-state index in [0.717, 1.165) is 11.8 Å². The third-order valence-corrected chi connectivity index (χ3v) is 3.29. The molecule has 2 bridgehead atoms. The molecule has 1 atom stereocenters. The minimum Gasteiger partial charge on any atom is -0.303 e. The molecule has 3 saturated heterocycles. The van der Waals surface area contributed by atoms with Crippen LogP contribution in [0.2, 0.25) is 0 Å². The zero-order valence-electron chi connectivity index (χ0n) is 7.34. The molecule has 1 nitrogen and oxygen atoms in total. The fraction of sp³-hybridized carbons (Fsp3) is 0.800. The van der Waals surface area contributed by atoms with Gasteiger partial charge in [0.1, 0.15) is 0 Å². The quantitative estimate of drug-likeness (QED) is 0.517. The lowest BCUT2D eigenvalue weighted by atomic mass is 9.76. The summed E-state index contributed by atoms with van der Waals surface area (Å²) in [7, 11) is 0. The molecule has 62 valence electrons. The predicted molar refractivity (Wildman–Crippen MR) is 47.5 cm³/mol. The van der Waals surface area contributed by atoms with Gasteiger partial charge in [0.05, 0.1) is 0 Å². The van der Waals surface area contributed by atoms with Gasteiger partial charge in [-0.25, -0.2) is 0 Å². The summed E-state index contributed by atoms with van der Waals surface area (Å²) in [6.07, 6.45) is 2.83. The number of hydrogen-bond donors (Lipinski definition) is 0. The molecule has 3 fully saturated rings. The Morgan fingerprint density at radius 3 is 2.27 bits per heavy atom. The van der Waals surface area contributed by atoms with E-state index in [-0.39, 0.29) is 0 Å². The predicted octanol–water partition coefficient (Wildman–Crippen LogP) is 1.90. The molecule has 0 radical (unpaired) electrons. The van der Waals surface area contributed by atoms with Crippen LogP contribution in [0, 0.1) is 11.8 Å². The van der Waals surface area contributed by atoms with Crippen molar-refractivity contribution >= 4 is 0 Å². The molecule has 0 aromatic rings. The summed E-state index contributed by atoms with van der Waals surface area (Å²) in [6.45, 7) is 10.2. The topological polar surface area (TPSA) is 3.24 Å². The normalized spacial score (nSPS) is 42.5. The Bertz CT molecular complexity index is 166. The van der Waals surface area contributed by atoms with Crippen molar-refractivity contribution in [1.82, 2.24) is 4.90 Å². The highest BCUT2D eigenvalue weighted by Gasteiger charge is 2.33. The van der Waals surface area contributed by atoms with Crippen molar-refractivity contribution in [1.29, 1.82) is 0 Å². The van der Waals surface area contributed by atoms with Gasteiger partial charge in [-0.2, -0.15) is 0 Å². The standard InChI is InChI=1S/C10H17N/c1-8(2)10-7-11-5-3-9(10)4-6-11/h9-10H,1,3-7H2,2H3. The second-order valence-corrected chi connectivity index (χ2v) is 4.09. The van der Waals surface area contributed by atoms with Crippen molar-refractivity contribution in [2.75, 3.05) is 19.6 Å². The second kappa shape index (κ2) is 2.63. The molecule has 3 aliphatic heterocycles. The van der Waals surface area contributed by atoms with Crippen molar-refractivity contribution in [2.45, 2.75) is 19.8 Å². The fourth-order valence-electron chi connectivity index (χ4n) is 2.52. The molecule has 3 heterocycles. The van der Waals surface area contributed by atoms with Gasteiger partial charge >= 0.3 is 0 Å².